The van der Waals surface area contributed by atoms with Gasteiger partial charge in [-0.1, -0.05) is 0 Å². The van der Waals surface area contributed by atoms with Crippen LogP contribution in [0.3, 0.4) is 0 Å². The highest BCUT2D eigenvalue weighted by atomic mass is 16.5. The van der Waals surface area contributed by atoms with Crippen LogP contribution < -0.4 is 19.7 Å². The lowest BCUT2D eigenvalue weighted by atomic mass is 10.1. The molecule has 4 rings (SSSR count). The predicted molar refractivity (Wildman–Crippen MR) is 131 cm³/mol. The number of piperazine rings is 1. The molecule has 0 unspecified atom stereocenters. The van der Waals surface area contributed by atoms with Crippen LogP contribution in [0.4, 0.5) is 11.4 Å². The second-order valence-electron chi connectivity index (χ2n) is 8.30. The van der Waals surface area contributed by atoms with Gasteiger partial charge in [0.25, 0.3) is 0 Å². The van der Waals surface area contributed by atoms with E-state index in [1.807, 2.05) is 18.2 Å². The molecule has 1 aromatic heterocycles. The van der Waals surface area contributed by atoms with Gasteiger partial charge in [0.05, 0.1) is 39.1 Å². The highest BCUT2D eigenvalue weighted by Gasteiger charge is 2.26. The van der Waals surface area contributed by atoms with Gasteiger partial charge in [0.15, 0.2) is 0 Å². The van der Waals surface area contributed by atoms with E-state index in [9.17, 15) is 9.59 Å². The van der Waals surface area contributed by atoms with Crippen molar-refractivity contribution in [2.45, 2.75) is 13.0 Å². The van der Waals surface area contributed by atoms with Crippen LogP contribution in [-0.2, 0) is 9.53 Å². The zero-order chi connectivity index (χ0) is 24.2. The van der Waals surface area contributed by atoms with Gasteiger partial charge < -0.3 is 29.4 Å². The maximum atomic E-state index is 13.0. The largest absolute Gasteiger partial charge is 0.497 e. The van der Waals surface area contributed by atoms with Gasteiger partial charge in [0.2, 0.25) is 5.91 Å². The number of fused-ring (bicyclic) bond motifs is 1. The van der Waals surface area contributed by atoms with Crippen LogP contribution in [-0.4, -0.2) is 75.3 Å². The number of hydrogen-bond acceptors (Lipinski definition) is 7. The Morgan fingerprint density at radius 2 is 1.74 bits per heavy atom. The second kappa shape index (κ2) is 10.0. The number of nitrogens with one attached hydrogen (secondary N) is 2. The van der Waals surface area contributed by atoms with Gasteiger partial charge >= 0.3 is 5.97 Å². The number of hydrogen-bond donors (Lipinski definition) is 2. The topological polar surface area (TPSA) is 96.1 Å². The fourth-order valence-corrected chi connectivity index (χ4v) is 4.40. The highest BCUT2D eigenvalue weighted by molar-refractivity contribution is 6.11. The van der Waals surface area contributed by atoms with Gasteiger partial charge in [-0.25, -0.2) is 4.79 Å². The number of H-pyrrole nitrogens is 1. The summed E-state index contributed by atoms with van der Waals surface area (Å²) >= 11 is 0. The lowest BCUT2D eigenvalue weighted by Gasteiger charge is -2.41. The molecule has 1 saturated heterocycles. The summed E-state index contributed by atoms with van der Waals surface area (Å²) < 4.78 is 15.4. The Morgan fingerprint density at radius 1 is 1.03 bits per heavy atom. The van der Waals surface area contributed by atoms with Crippen molar-refractivity contribution in [1.82, 2.24) is 9.88 Å². The lowest BCUT2D eigenvalue weighted by molar-refractivity contribution is -0.117. The summed E-state index contributed by atoms with van der Waals surface area (Å²) in [6, 6.07) is 13.6. The number of aromatic amines is 1. The third kappa shape index (κ3) is 4.79. The van der Waals surface area contributed by atoms with Crippen molar-refractivity contribution in [3.63, 3.8) is 0 Å². The molecule has 2 heterocycles. The normalized spacial score (nSPS) is 16.4. The molecule has 0 spiro atoms. The molecule has 1 fully saturated rings. The molecule has 0 radical (unpaired) electrons. The summed E-state index contributed by atoms with van der Waals surface area (Å²) in [7, 11) is 4.54. The molecule has 0 aliphatic carbocycles. The summed E-state index contributed by atoms with van der Waals surface area (Å²) in [4.78, 5) is 32.8. The molecule has 9 heteroatoms. The Hall–Kier alpha value is -3.72. The van der Waals surface area contributed by atoms with Crippen molar-refractivity contribution in [3.8, 4) is 11.5 Å². The minimum absolute atomic E-state index is 0.188. The first kappa shape index (κ1) is 23.4. The molecular formula is C25H30N4O5. The monoisotopic (exact) mass is 466 g/mol. The Kier molecular flexibility index (Phi) is 6.93. The molecule has 1 atom stereocenters. The van der Waals surface area contributed by atoms with Gasteiger partial charge in [0, 0.05) is 42.8 Å². The Morgan fingerprint density at radius 3 is 2.38 bits per heavy atom. The van der Waals surface area contributed by atoms with E-state index in [-0.39, 0.29) is 24.2 Å². The van der Waals surface area contributed by atoms with E-state index >= 15 is 0 Å². The number of ether oxygens (including phenoxy) is 3. The van der Waals surface area contributed by atoms with Gasteiger partial charge in [0.1, 0.15) is 17.2 Å². The maximum absolute atomic E-state index is 13.0. The number of carbonyl (C=O) groups excluding carboxylic acids is 2. The molecule has 2 aromatic carbocycles. The van der Waals surface area contributed by atoms with Crippen LogP contribution in [0, 0.1) is 0 Å². The van der Waals surface area contributed by atoms with Crippen LogP contribution in [0.15, 0.2) is 42.5 Å². The molecule has 34 heavy (non-hydrogen) atoms. The SMILES string of the molecule is COC(=O)c1[nH]c2cc(OC)ccc2c1NC(=O)CN1CCN(c2ccc(OC)cc2)[C@@H](C)C1. The van der Waals surface area contributed by atoms with Crippen molar-refractivity contribution < 1.29 is 23.8 Å². The van der Waals surface area contributed by atoms with Gasteiger partial charge in [-0.05, 0) is 43.3 Å². The van der Waals surface area contributed by atoms with Crippen molar-refractivity contribution in [2.24, 2.45) is 0 Å². The molecule has 3 aromatic rings. The van der Waals surface area contributed by atoms with E-state index in [0.29, 0.717) is 22.3 Å². The fraction of sp³-hybridized carbons (Fsp3) is 0.360. The average molecular weight is 467 g/mol. The van der Waals surface area contributed by atoms with E-state index in [4.69, 9.17) is 14.2 Å². The Labute approximate surface area is 198 Å². The van der Waals surface area contributed by atoms with E-state index in [0.717, 1.165) is 31.1 Å². The third-order valence-electron chi connectivity index (χ3n) is 6.14. The van der Waals surface area contributed by atoms with Crippen LogP contribution >= 0.6 is 0 Å². The van der Waals surface area contributed by atoms with E-state index in [1.165, 1.54) is 7.11 Å². The fourth-order valence-electron chi connectivity index (χ4n) is 4.40. The number of esters is 1. The smallest absolute Gasteiger partial charge is 0.356 e. The zero-order valence-electron chi connectivity index (χ0n) is 19.9. The standard InChI is InChI=1S/C25H30N4O5/c1-16-14-28(11-12-29(16)17-5-7-18(32-2)8-6-17)15-22(30)27-23-20-10-9-19(33-3)13-21(20)26-24(23)25(31)34-4/h5-10,13,16,26H,11-12,14-15H2,1-4H3,(H,27,30)/t16-/m0/s1. The summed E-state index contributed by atoms with van der Waals surface area (Å²) in [5.74, 6) is 0.736. The molecular weight excluding hydrogens is 436 g/mol. The molecule has 180 valence electrons. The second-order valence-corrected chi connectivity index (χ2v) is 8.30. The first-order valence-corrected chi connectivity index (χ1v) is 11.1. The van der Waals surface area contributed by atoms with Gasteiger partial charge in [-0.3, -0.25) is 9.69 Å². The Balaban J connectivity index is 1.44. The van der Waals surface area contributed by atoms with E-state index < -0.39 is 5.97 Å². The zero-order valence-corrected chi connectivity index (χ0v) is 19.9. The highest BCUT2D eigenvalue weighted by Crippen LogP contribution is 2.31. The van der Waals surface area contributed by atoms with Crippen molar-refractivity contribution in [1.29, 1.82) is 0 Å². The summed E-state index contributed by atoms with van der Waals surface area (Å²) in [6.45, 7) is 4.68. The summed E-state index contributed by atoms with van der Waals surface area (Å²) in [5.41, 5.74) is 2.43. The molecule has 1 aliphatic rings. The first-order valence-electron chi connectivity index (χ1n) is 11.1. The maximum Gasteiger partial charge on any atom is 0.356 e. The number of amides is 1. The van der Waals surface area contributed by atoms with Crippen LogP contribution in [0.2, 0.25) is 0 Å². The van der Waals surface area contributed by atoms with Gasteiger partial charge in [-0.15, -0.1) is 0 Å². The van der Waals surface area contributed by atoms with Gasteiger partial charge in [-0.2, -0.15) is 0 Å². The number of anilines is 2. The molecule has 0 bridgehead atoms. The third-order valence-corrected chi connectivity index (χ3v) is 6.14. The number of rotatable bonds is 7. The predicted octanol–water partition coefficient (Wildman–Crippen LogP) is 3.12. The van der Waals surface area contributed by atoms with E-state index in [2.05, 4.69) is 39.2 Å². The molecule has 1 aliphatic heterocycles. The minimum atomic E-state index is -0.549. The van der Waals surface area contributed by atoms with E-state index in [1.54, 1.807) is 26.4 Å². The summed E-state index contributed by atoms with van der Waals surface area (Å²) in [5, 5.41) is 3.64. The molecule has 0 saturated carbocycles. The van der Waals surface area contributed by atoms with Crippen molar-refractivity contribution in [2.75, 3.05) is 57.7 Å². The van der Waals surface area contributed by atoms with Crippen molar-refractivity contribution >= 4 is 34.2 Å². The average Bonchev–Trinajstić information content (AvgIpc) is 3.21. The number of methoxy groups -OCH3 is 3. The van der Waals surface area contributed by atoms with Crippen LogP contribution in [0.5, 0.6) is 11.5 Å². The minimum Gasteiger partial charge on any atom is -0.497 e. The number of carbonyl (C=O) groups is 2. The summed E-state index contributed by atoms with van der Waals surface area (Å²) in [6.07, 6.45) is 0. The Bertz CT molecular complexity index is 1170. The quantitative estimate of drug-likeness (QED) is 0.517. The molecule has 1 amide bonds. The van der Waals surface area contributed by atoms with Crippen LogP contribution in [0.25, 0.3) is 10.9 Å². The number of benzene rings is 2. The van der Waals surface area contributed by atoms with Crippen LogP contribution in [0.1, 0.15) is 17.4 Å². The lowest BCUT2D eigenvalue weighted by Crippen LogP contribution is -2.53. The number of nitrogens with zero attached hydrogens (tertiary/aromatic N) is 2. The first-order chi connectivity index (χ1) is 16.4. The van der Waals surface area contributed by atoms with Crippen molar-refractivity contribution in [3.05, 3.63) is 48.2 Å². The number of aromatic nitrogens is 1. The molecule has 9 nitrogen and oxygen atoms in total. The molecule has 2 N–H and O–H groups in total.